The maximum atomic E-state index is 10.7. The van der Waals surface area contributed by atoms with Crippen LogP contribution in [-0.2, 0) is 0 Å². The first-order valence-corrected chi connectivity index (χ1v) is 6.78. The van der Waals surface area contributed by atoms with Crippen LogP contribution < -0.4 is 4.74 Å². The van der Waals surface area contributed by atoms with E-state index < -0.39 is 4.92 Å². The SMILES string of the molecule is CCC(Br)c1nnc(-c2ccc([N+](=O)[O-])cc2OC)o1. The minimum Gasteiger partial charge on any atom is -0.496 e. The molecule has 2 aromatic rings. The quantitative estimate of drug-likeness (QED) is 0.469. The molecule has 1 heterocycles. The Labute approximate surface area is 123 Å². The molecule has 1 atom stereocenters. The second kappa shape index (κ2) is 6.00. The maximum Gasteiger partial charge on any atom is 0.273 e. The van der Waals surface area contributed by atoms with Crippen molar-refractivity contribution in [2.24, 2.45) is 0 Å². The fourth-order valence-electron chi connectivity index (χ4n) is 1.61. The summed E-state index contributed by atoms with van der Waals surface area (Å²) in [5.74, 6) is 1.05. The van der Waals surface area contributed by atoms with Gasteiger partial charge in [-0.1, -0.05) is 22.9 Å². The Balaban J connectivity index is 2.41. The number of ether oxygens (including phenoxy) is 1. The highest BCUT2D eigenvalue weighted by molar-refractivity contribution is 9.09. The predicted octanol–water partition coefficient (Wildman–Crippen LogP) is 3.50. The fourth-order valence-corrected chi connectivity index (χ4v) is 1.80. The summed E-state index contributed by atoms with van der Waals surface area (Å²) in [5.41, 5.74) is 0.463. The summed E-state index contributed by atoms with van der Waals surface area (Å²) in [7, 11) is 1.43. The number of methoxy groups -OCH3 is 1. The molecular weight excluding hydrogens is 330 g/mol. The van der Waals surface area contributed by atoms with Crippen molar-refractivity contribution < 1.29 is 14.1 Å². The lowest BCUT2D eigenvalue weighted by atomic mass is 10.2. The van der Waals surface area contributed by atoms with Gasteiger partial charge in [-0.3, -0.25) is 10.1 Å². The van der Waals surface area contributed by atoms with Crippen LogP contribution in [0.25, 0.3) is 11.5 Å². The maximum absolute atomic E-state index is 10.7. The molecule has 0 saturated heterocycles. The van der Waals surface area contributed by atoms with Crippen molar-refractivity contribution in [3.8, 4) is 17.2 Å². The average molecular weight is 342 g/mol. The second-order valence-corrected chi connectivity index (χ2v) is 5.07. The second-order valence-electron chi connectivity index (χ2n) is 3.96. The third-order valence-electron chi connectivity index (χ3n) is 2.69. The van der Waals surface area contributed by atoms with E-state index in [1.165, 1.54) is 25.3 Å². The van der Waals surface area contributed by atoms with Gasteiger partial charge in [-0.15, -0.1) is 10.2 Å². The minimum atomic E-state index is -0.489. The number of non-ortho nitro benzene ring substituents is 1. The molecule has 7 nitrogen and oxygen atoms in total. The van der Waals surface area contributed by atoms with Crippen molar-refractivity contribution >= 4 is 21.6 Å². The summed E-state index contributed by atoms with van der Waals surface area (Å²) < 4.78 is 10.7. The summed E-state index contributed by atoms with van der Waals surface area (Å²) in [6, 6.07) is 4.22. The summed E-state index contributed by atoms with van der Waals surface area (Å²) in [4.78, 5) is 10.2. The van der Waals surface area contributed by atoms with Crippen LogP contribution in [0.5, 0.6) is 5.75 Å². The molecule has 0 N–H and O–H groups in total. The molecule has 8 heteroatoms. The van der Waals surface area contributed by atoms with Crippen LogP contribution in [0.2, 0.25) is 0 Å². The lowest BCUT2D eigenvalue weighted by Gasteiger charge is -2.04. The van der Waals surface area contributed by atoms with E-state index >= 15 is 0 Å². The number of alkyl halides is 1. The van der Waals surface area contributed by atoms with Crippen LogP contribution >= 0.6 is 15.9 Å². The molecule has 0 spiro atoms. The van der Waals surface area contributed by atoms with Crippen molar-refractivity contribution in [3.63, 3.8) is 0 Å². The van der Waals surface area contributed by atoms with E-state index in [9.17, 15) is 10.1 Å². The van der Waals surface area contributed by atoms with E-state index in [4.69, 9.17) is 9.15 Å². The molecule has 0 aliphatic carbocycles. The lowest BCUT2D eigenvalue weighted by molar-refractivity contribution is -0.384. The number of nitro groups is 1. The highest BCUT2D eigenvalue weighted by Crippen LogP contribution is 2.34. The Hall–Kier alpha value is -1.96. The van der Waals surface area contributed by atoms with E-state index in [1.807, 2.05) is 6.92 Å². The van der Waals surface area contributed by atoms with Crippen molar-refractivity contribution in [3.05, 3.63) is 34.2 Å². The largest absolute Gasteiger partial charge is 0.496 e. The zero-order chi connectivity index (χ0) is 14.7. The highest BCUT2D eigenvalue weighted by atomic mass is 79.9. The summed E-state index contributed by atoms with van der Waals surface area (Å²) >= 11 is 3.42. The van der Waals surface area contributed by atoms with Gasteiger partial charge in [0.05, 0.1) is 28.5 Å². The topological polar surface area (TPSA) is 91.3 Å². The van der Waals surface area contributed by atoms with Gasteiger partial charge in [-0.25, -0.2) is 0 Å². The normalized spacial score (nSPS) is 12.2. The van der Waals surface area contributed by atoms with Gasteiger partial charge >= 0.3 is 0 Å². The minimum absolute atomic E-state index is 0.0206. The van der Waals surface area contributed by atoms with Gasteiger partial charge < -0.3 is 9.15 Å². The van der Waals surface area contributed by atoms with Crippen LogP contribution in [0.3, 0.4) is 0 Å². The number of halogens is 1. The highest BCUT2D eigenvalue weighted by Gasteiger charge is 2.19. The Morgan fingerprint density at radius 2 is 2.25 bits per heavy atom. The van der Waals surface area contributed by atoms with E-state index in [1.54, 1.807) is 0 Å². The monoisotopic (exact) mass is 341 g/mol. The Bertz CT molecular complexity index is 629. The number of nitrogens with zero attached hydrogens (tertiary/aromatic N) is 3. The molecule has 0 bridgehead atoms. The van der Waals surface area contributed by atoms with Crippen LogP contribution in [-0.4, -0.2) is 22.2 Å². The van der Waals surface area contributed by atoms with Gasteiger partial charge in [0, 0.05) is 6.07 Å². The summed E-state index contributed by atoms with van der Waals surface area (Å²) in [6.45, 7) is 1.98. The number of benzene rings is 1. The third-order valence-corrected chi connectivity index (χ3v) is 3.73. The standard InChI is InChI=1S/C12H12BrN3O4/c1-3-9(13)12-15-14-11(20-12)8-5-4-7(16(17)18)6-10(8)19-2/h4-6,9H,3H2,1-2H3. The van der Waals surface area contributed by atoms with Gasteiger partial charge in [0.1, 0.15) is 5.75 Å². The molecule has 0 amide bonds. The molecule has 0 saturated carbocycles. The molecular formula is C12H12BrN3O4. The lowest BCUT2D eigenvalue weighted by Crippen LogP contribution is -1.92. The van der Waals surface area contributed by atoms with E-state index in [-0.39, 0.29) is 16.4 Å². The van der Waals surface area contributed by atoms with Crippen LogP contribution in [0.1, 0.15) is 24.1 Å². The van der Waals surface area contributed by atoms with Gasteiger partial charge in [0.15, 0.2) is 0 Å². The van der Waals surface area contributed by atoms with E-state index in [0.717, 1.165) is 6.42 Å². The predicted molar refractivity (Wildman–Crippen MR) is 74.9 cm³/mol. The van der Waals surface area contributed by atoms with Crippen molar-refractivity contribution in [1.29, 1.82) is 0 Å². The summed E-state index contributed by atoms with van der Waals surface area (Å²) in [5, 5.41) is 18.6. The molecule has 0 aliphatic rings. The van der Waals surface area contributed by atoms with Gasteiger partial charge in [-0.2, -0.15) is 0 Å². The molecule has 2 rings (SSSR count). The van der Waals surface area contributed by atoms with Gasteiger partial charge in [0.25, 0.3) is 11.6 Å². The Morgan fingerprint density at radius 1 is 1.50 bits per heavy atom. The van der Waals surface area contributed by atoms with Crippen molar-refractivity contribution in [1.82, 2.24) is 10.2 Å². The molecule has 0 radical (unpaired) electrons. The van der Waals surface area contributed by atoms with Crippen molar-refractivity contribution in [2.75, 3.05) is 7.11 Å². The number of hydrogen-bond donors (Lipinski definition) is 0. The molecule has 0 aliphatic heterocycles. The first-order chi connectivity index (χ1) is 9.56. The van der Waals surface area contributed by atoms with Crippen LogP contribution in [0, 0.1) is 10.1 Å². The zero-order valence-electron chi connectivity index (χ0n) is 10.9. The fraction of sp³-hybridized carbons (Fsp3) is 0.333. The Morgan fingerprint density at radius 3 is 2.85 bits per heavy atom. The first-order valence-electron chi connectivity index (χ1n) is 5.87. The molecule has 0 fully saturated rings. The summed E-state index contributed by atoms with van der Waals surface area (Å²) in [6.07, 6.45) is 0.805. The van der Waals surface area contributed by atoms with E-state index in [2.05, 4.69) is 26.1 Å². The molecule has 1 unspecified atom stereocenters. The number of aromatic nitrogens is 2. The molecule has 1 aromatic heterocycles. The number of nitro benzene ring substituents is 1. The third kappa shape index (κ3) is 2.79. The average Bonchev–Trinajstić information content (AvgIpc) is 2.95. The number of rotatable bonds is 5. The smallest absolute Gasteiger partial charge is 0.273 e. The first kappa shape index (κ1) is 14.4. The zero-order valence-corrected chi connectivity index (χ0v) is 12.5. The van der Waals surface area contributed by atoms with Gasteiger partial charge in [0.2, 0.25) is 5.89 Å². The Kier molecular flexibility index (Phi) is 4.33. The molecule has 106 valence electrons. The van der Waals surface area contributed by atoms with Gasteiger partial charge in [-0.05, 0) is 12.5 Å². The molecule has 1 aromatic carbocycles. The molecule has 20 heavy (non-hydrogen) atoms. The van der Waals surface area contributed by atoms with Crippen LogP contribution in [0.4, 0.5) is 5.69 Å². The van der Waals surface area contributed by atoms with Crippen LogP contribution in [0.15, 0.2) is 22.6 Å². The number of hydrogen-bond acceptors (Lipinski definition) is 6. The van der Waals surface area contributed by atoms with Crippen molar-refractivity contribution in [2.45, 2.75) is 18.2 Å². The van der Waals surface area contributed by atoms with E-state index in [0.29, 0.717) is 17.2 Å².